The van der Waals surface area contributed by atoms with E-state index < -0.39 is 46.6 Å². The van der Waals surface area contributed by atoms with Gasteiger partial charge in [-0.25, -0.2) is 4.79 Å². The maximum Gasteiger partial charge on any atom is 0.339 e. The summed E-state index contributed by atoms with van der Waals surface area (Å²) in [5.41, 5.74) is -2.87. The fourth-order valence-electron chi connectivity index (χ4n) is 2.45. The first-order valence-electron chi connectivity index (χ1n) is 5.99. The maximum absolute atomic E-state index is 12.0. The van der Waals surface area contributed by atoms with Gasteiger partial charge in [-0.3, -0.25) is 28.9 Å². The molecule has 8 nitrogen and oxygen atoms in total. The van der Waals surface area contributed by atoms with E-state index in [2.05, 4.69) is 0 Å². The molecule has 0 aromatic heterocycles. The molecule has 1 atom stereocenters. The number of Topliss-reactive ketones (excluding diaryl/α,β-unsaturated/α-hetero) is 3. The second-order valence-corrected chi connectivity index (χ2v) is 4.66. The first-order valence-corrected chi connectivity index (χ1v) is 5.99. The number of carbonyl (C=O) groups is 6. The van der Waals surface area contributed by atoms with Gasteiger partial charge in [0, 0.05) is 13.8 Å². The van der Waals surface area contributed by atoms with E-state index in [9.17, 15) is 33.9 Å². The van der Waals surface area contributed by atoms with Crippen molar-refractivity contribution in [3.63, 3.8) is 0 Å². The van der Waals surface area contributed by atoms with Crippen molar-refractivity contribution in [1.29, 1.82) is 0 Å². The largest absolute Gasteiger partial charge is 0.479 e. The Kier molecular flexibility index (Phi) is 5.66. The van der Waals surface area contributed by atoms with E-state index >= 15 is 0 Å². The van der Waals surface area contributed by atoms with Gasteiger partial charge in [0.15, 0.2) is 5.78 Å². The lowest BCUT2D eigenvalue weighted by molar-refractivity contribution is -0.175. The van der Waals surface area contributed by atoms with E-state index in [-0.39, 0.29) is 4.90 Å². The van der Waals surface area contributed by atoms with Gasteiger partial charge in [-0.05, 0) is 20.8 Å². The summed E-state index contributed by atoms with van der Waals surface area (Å²) >= 11 is 0. The molecule has 0 rings (SSSR count). The molecule has 0 aliphatic carbocycles. The van der Waals surface area contributed by atoms with Crippen LogP contribution in [0.25, 0.3) is 0 Å². The van der Waals surface area contributed by atoms with Crippen molar-refractivity contribution in [3.8, 4) is 0 Å². The molecule has 0 unspecified atom stereocenters. The molecule has 21 heavy (non-hydrogen) atoms. The minimum absolute atomic E-state index is 0.158. The third-order valence-electron chi connectivity index (χ3n) is 3.08. The molecule has 0 aromatic carbocycles. The molecule has 0 radical (unpaired) electrons. The van der Waals surface area contributed by atoms with E-state index in [0.29, 0.717) is 0 Å². The highest BCUT2D eigenvalue weighted by atomic mass is 16.4. The smallest absolute Gasteiger partial charge is 0.339 e. The van der Waals surface area contributed by atoms with Crippen LogP contribution in [0, 0.1) is 5.92 Å². The van der Waals surface area contributed by atoms with Crippen LogP contribution in [0.4, 0.5) is 0 Å². The fraction of sp³-hybridized carbons (Fsp3) is 0.538. The van der Waals surface area contributed by atoms with Crippen molar-refractivity contribution in [3.05, 3.63) is 0 Å². The molecule has 1 N–H and O–H groups in total. The van der Waals surface area contributed by atoms with Crippen LogP contribution in [0.1, 0.15) is 34.6 Å². The number of hydrogen-bond acceptors (Lipinski definition) is 6. The Bertz CT molecular complexity index is 459. The highest BCUT2D eigenvalue weighted by Gasteiger charge is 2.61. The number of ketones is 3. The Morgan fingerprint density at radius 1 is 0.810 bits per heavy atom. The van der Waals surface area contributed by atoms with Gasteiger partial charge >= 0.3 is 5.97 Å². The standard InChI is InChI=1S/C13H17NO7/c1-6(15)11(7(2)16)13(8(3)17,12(20)21)14(9(4)18)10(5)19/h11H,1-5H3,(H,20,21)/t13-/m0/s1. The van der Waals surface area contributed by atoms with Gasteiger partial charge in [0.1, 0.15) is 17.5 Å². The van der Waals surface area contributed by atoms with E-state index in [1.165, 1.54) is 0 Å². The zero-order chi connectivity index (χ0) is 17.1. The number of rotatable bonds is 6. The molecule has 0 aliphatic heterocycles. The van der Waals surface area contributed by atoms with Gasteiger partial charge < -0.3 is 5.11 Å². The van der Waals surface area contributed by atoms with Crippen LogP contribution in [0.2, 0.25) is 0 Å². The quantitative estimate of drug-likeness (QED) is 0.660. The predicted octanol–water partition coefficient (Wildman–Crippen LogP) is -0.412. The van der Waals surface area contributed by atoms with Gasteiger partial charge in [0.2, 0.25) is 17.4 Å². The van der Waals surface area contributed by atoms with Crippen molar-refractivity contribution in [2.45, 2.75) is 40.2 Å². The summed E-state index contributed by atoms with van der Waals surface area (Å²) in [7, 11) is 0. The SMILES string of the molecule is CC(=O)C(C(C)=O)[C@@](C(C)=O)(C(=O)O)N(C(C)=O)C(C)=O. The summed E-state index contributed by atoms with van der Waals surface area (Å²) in [5.74, 6) is -8.97. The second kappa shape index (κ2) is 6.38. The summed E-state index contributed by atoms with van der Waals surface area (Å²) in [6.45, 7) is 4.40. The predicted molar refractivity (Wildman–Crippen MR) is 69.1 cm³/mol. The van der Waals surface area contributed by atoms with Crippen LogP contribution >= 0.6 is 0 Å². The molecule has 0 saturated heterocycles. The summed E-state index contributed by atoms with van der Waals surface area (Å²) in [6, 6.07) is 0. The van der Waals surface area contributed by atoms with E-state index in [4.69, 9.17) is 0 Å². The topological polar surface area (TPSA) is 126 Å². The number of hydrogen-bond donors (Lipinski definition) is 1. The van der Waals surface area contributed by atoms with E-state index in [0.717, 1.165) is 34.6 Å². The average Bonchev–Trinajstić information content (AvgIpc) is 2.24. The number of nitrogens with zero attached hydrogens (tertiary/aromatic N) is 1. The van der Waals surface area contributed by atoms with Gasteiger partial charge in [-0.1, -0.05) is 0 Å². The molecule has 116 valence electrons. The van der Waals surface area contributed by atoms with Gasteiger partial charge in [0.25, 0.3) is 0 Å². The number of carboxylic acid groups (broad SMARTS) is 1. The Hall–Kier alpha value is -2.38. The van der Waals surface area contributed by atoms with Crippen molar-refractivity contribution >= 4 is 35.1 Å². The van der Waals surface area contributed by atoms with Crippen molar-refractivity contribution in [1.82, 2.24) is 4.90 Å². The zero-order valence-corrected chi connectivity index (χ0v) is 12.4. The number of carbonyl (C=O) groups excluding carboxylic acids is 5. The fourth-order valence-corrected chi connectivity index (χ4v) is 2.45. The zero-order valence-electron chi connectivity index (χ0n) is 12.4. The number of carboxylic acids is 1. The lowest BCUT2D eigenvalue weighted by Crippen LogP contribution is -2.69. The van der Waals surface area contributed by atoms with Crippen molar-refractivity contribution in [2.75, 3.05) is 0 Å². The number of imide groups is 1. The molecule has 0 bridgehead atoms. The van der Waals surface area contributed by atoms with Crippen LogP contribution in [-0.4, -0.2) is 50.7 Å². The second-order valence-electron chi connectivity index (χ2n) is 4.66. The molecular weight excluding hydrogens is 282 g/mol. The summed E-state index contributed by atoms with van der Waals surface area (Å²) in [4.78, 5) is 70.6. The van der Waals surface area contributed by atoms with Crippen molar-refractivity contribution in [2.24, 2.45) is 5.92 Å². The molecule has 2 amide bonds. The summed E-state index contributed by atoms with van der Waals surface area (Å²) in [5, 5.41) is 9.46. The third kappa shape index (κ3) is 3.04. The Labute approximate surface area is 121 Å². The molecule has 0 aromatic rings. The minimum Gasteiger partial charge on any atom is -0.479 e. The number of aliphatic carboxylic acids is 1. The van der Waals surface area contributed by atoms with Crippen LogP contribution in [-0.2, 0) is 28.8 Å². The Morgan fingerprint density at radius 2 is 1.14 bits per heavy atom. The molecule has 8 heteroatoms. The van der Waals surface area contributed by atoms with Crippen LogP contribution in [0.15, 0.2) is 0 Å². The highest BCUT2D eigenvalue weighted by molar-refractivity contribution is 6.21. The first-order chi connectivity index (χ1) is 9.42. The normalized spacial score (nSPS) is 13.2. The lowest BCUT2D eigenvalue weighted by atomic mass is 9.74. The monoisotopic (exact) mass is 299 g/mol. The Morgan fingerprint density at radius 3 is 1.29 bits per heavy atom. The van der Waals surface area contributed by atoms with E-state index in [1.54, 1.807) is 0 Å². The van der Waals surface area contributed by atoms with E-state index in [1.807, 2.05) is 0 Å². The van der Waals surface area contributed by atoms with Crippen LogP contribution < -0.4 is 0 Å². The third-order valence-corrected chi connectivity index (χ3v) is 3.08. The average molecular weight is 299 g/mol. The van der Waals surface area contributed by atoms with Crippen LogP contribution in [0.3, 0.4) is 0 Å². The van der Waals surface area contributed by atoms with Gasteiger partial charge in [0.05, 0.1) is 0 Å². The maximum atomic E-state index is 12.0. The summed E-state index contributed by atoms with van der Waals surface area (Å²) < 4.78 is 0. The minimum atomic E-state index is -2.87. The highest BCUT2D eigenvalue weighted by Crippen LogP contribution is 2.30. The molecular formula is C13H17NO7. The van der Waals surface area contributed by atoms with Crippen molar-refractivity contribution < 1.29 is 33.9 Å². The number of amides is 2. The first kappa shape index (κ1) is 18.6. The molecule has 0 spiro atoms. The molecule has 0 fully saturated rings. The van der Waals surface area contributed by atoms with Gasteiger partial charge in [-0.2, -0.15) is 0 Å². The molecule has 0 aliphatic rings. The molecule has 0 heterocycles. The summed E-state index contributed by atoms with van der Waals surface area (Å²) in [6.07, 6.45) is 0. The molecule has 0 saturated carbocycles. The van der Waals surface area contributed by atoms with Gasteiger partial charge in [-0.15, -0.1) is 0 Å². The lowest BCUT2D eigenvalue weighted by Gasteiger charge is -2.39. The Balaban J connectivity index is 6.77. The van der Waals surface area contributed by atoms with Crippen LogP contribution in [0.5, 0.6) is 0 Å².